The minimum absolute atomic E-state index is 1.25. The van der Waals surface area contributed by atoms with E-state index in [0.717, 1.165) is 0 Å². The van der Waals surface area contributed by atoms with E-state index in [9.17, 15) is 0 Å². The summed E-state index contributed by atoms with van der Waals surface area (Å²) in [5, 5.41) is 0. The van der Waals surface area contributed by atoms with Crippen LogP contribution in [-0.4, -0.2) is 26.5 Å². The number of benzene rings is 8. The first-order valence-corrected chi connectivity index (χ1v) is 27.3. The fourth-order valence-corrected chi connectivity index (χ4v) is 24.9. The Morgan fingerprint density at radius 2 is 0.370 bits per heavy atom. The van der Waals surface area contributed by atoms with Gasteiger partial charge in [0.05, 0.1) is 0 Å². The van der Waals surface area contributed by atoms with Crippen molar-refractivity contribution in [3.63, 3.8) is 0 Å². The summed E-state index contributed by atoms with van der Waals surface area (Å²) in [6.07, 6.45) is 4.62. The standard InChI is InChI=1S/2C26H22Ge/c2*1-5-13-23(14-6-1)21-22-27(24-15-7-2-8-16-24,25-17-9-3-10-18-25)26-19-11-4-12-20-26/h2*1-22H/b2*22-21-. The third-order valence-corrected chi connectivity index (χ3v) is 28.5. The second-order valence-corrected chi connectivity index (χ2v) is 28.7. The van der Waals surface area contributed by atoms with Gasteiger partial charge in [-0.1, -0.05) is 0 Å². The van der Waals surface area contributed by atoms with Crippen LogP contribution < -0.4 is 26.4 Å². The van der Waals surface area contributed by atoms with E-state index < -0.39 is 26.5 Å². The molecule has 0 unspecified atom stereocenters. The molecule has 0 saturated heterocycles. The Morgan fingerprint density at radius 3 is 0.556 bits per heavy atom. The molecule has 0 amide bonds. The van der Waals surface area contributed by atoms with Crippen LogP contribution in [0.1, 0.15) is 11.1 Å². The molecule has 54 heavy (non-hydrogen) atoms. The molecular weight excluding hydrogens is 770 g/mol. The Labute approximate surface area is 326 Å². The zero-order valence-electron chi connectivity index (χ0n) is 30.4. The molecule has 0 atom stereocenters. The normalized spacial score (nSPS) is 11.6. The molecule has 0 fully saturated rings. The summed E-state index contributed by atoms with van der Waals surface area (Å²) in [5.41, 5.74) is 2.49. The van der Waals surface area contributed by atoms with Gasteiger partial charge in [-0.2, -0.15) is 0 Å². The van der Waals surface area contributed by atoms with E-state index >= 15 is 0 Å². The van der Waals surface area contributed by atoms with Crippen molar-refractivity contribution in [2.24, 2.45) is 0 Å². The summed E-state index contributed by atoms with van der Waals surface area (Å²) in [6, 6.07) is 87.4. The molecule has 0 heterocycles. The molecule has 0 radical (unpaired) electrons. The van der Waals surface area contributed by atoms with Crippen LogP contribution in [0.5, 0.6) is 0 Å². The fraction of sp³-hybridized carbons (Fsp3) is 0. The molecule has 8 rings (SSSR count). The van der Waals surface area contributed by atoms with Crippen molar-refractivity contribution in [1.82, 2.24) is 0 Å². The van der Waals surface area contributed by atoms with Crippen LogP contribution in [0.25, 0.3) is 12.2 Å². The molecule has 8 aromatic rings. The Bertz CT molecular complexity index is 1960. The third kappa shape index (κ3) is 8.42. The maximum absolute atomic E-state index is 2.97. The molecule has 0 N–H and O–H groups in total. The van der Waals surface area contributed by atoms with Crippen molar-refractivity contribution in [3.8, 4) is 0 Å². The predicted molar refractivity (Wildman–Crippen MR) is 239 cm³/mol. The summed E-state index contributed by atoms with van der Waals surface area (Å²) < 4.78 is 8.68. The van der Waals surface area contributed by atoms with Crippen LogP contribution in [0.2, 0.25) is 0 Å². The van der Waals surface area contributed by atoms with E-state index in [1.807, 2.05) is 0 Å². The van der Waals surface area contributed by atoms with Crippen LogP contribution in [-0.2, 0) is 0 Å². The van der Waals surface area contributed by atoms with Gasteiger partial charge < -0.3 is 0 Å². The maximum atomic E-state index is 2.52. The predicted octanol–water partition coefficient (Wildman–Crippen LogP) is 8.82. The Kier molecular flexibility index (Phi) is 12.5. The molecule has 0 spiro atoms. The van der Waals surface area contributed by atoms with E-state index in [0.29, 0.717) is 0 Å². The first-order chi connectivity index (χ1) is 26.8. The van der Waals surface area contributed by atoms with Crippen molar-refractivity contribution >= 4 is 65.1 Å². The van der Waals surface area contributed by atoms with Crippen LogP contribution in [0.15, 0.2) is 252 Å². The van der Waals surface area contributed by atoms with Gasteiger partial charge in [-0.3, -0.25) is 0 Å². The van der Waals surface area contributed by atoms with Gasteiger partial charge in [0.2, 0.25) is 0 Å². The van der Waals surface area contributed by atoms with Gasteiger partial charge in [-0.25, -0.2) is 0 Å². The zero-order valence-corrected chi connectivity index (χ0v) is 34.6. The first kappa shape index (κ1) is 36.7. The van der Waals surface area contributed by atoms with E-state index in [1.165, 1.54) is 37.5 Å². The molecule has 0 nitrogen and oxygen atoms in total. The number of hydrogen-bond acceptors (Lipinski definition) is 0. The summed E-state index contributed by atoms with van der Waals surface area (Å²) in [7, 11) is 0. The van der Waals surface area contributed by atoms with Gasteiger partial charge >= 0.3 is 329 Å². The van der Waals surface area contributed by atoms with Gasteiger partial charge in [0.25, 0.3) is 0 Å². The second kappa shape index (κ2) is 18.4. The quantitative estimate of drug-likeness (QED) is 0.121. The average Bonchev–Trinajstić information content (AvgIpc) is 3.27. The van der Waals surface area contributed by atoms with Gasteiger partial charge in [0.1, 0.15) is 0 Å². The molecule has 8 aromatic carbocycles. The van der Waals surface area contributed by atoms with E-state index in [2.05, 4.69) is 265 Å². The van der Waals surface area contributed by atoms with Gasteiger partial charge in [-0.05, 0) is 0 Å². The van der Waals surface area contributed by atoms with Crippen molar-refractivity contribution < 1.29 is 0 Å². The molecular formula is C52H44Ge2. The fourth-order valence-electron chi connectivity index (χ4n) is 7.35. The first-order valence-electron chi connectivity index (χ1n) is 18.6. The summed E-state index contributed by atoms with van der Waals surface area (Å²) in [4.78, 5) is 5.05. The Hall–Kier alpha value is -5.67. The SMILES string of the molecule is C(=[CH]/[Ge]([c]1ccccc1)([c]1ccccc1)[c]1ccccc1)/c1ccccc1.C(=[CH]/[Ge]([c]1ccccc1)([c]1ccccc1)[c]1ccccc1)/c1ccccc1. The van der Waals surface area contributed by atoms with Gasteiger partial charge in [-0.15, -0.1) is 0 Å². The molecule has 0 bridgehead atoms. The van der Waals surface area contributed by atoms with Crippen LogP contribution >= 0.6 is 0 Å². The minimum atomic E-state index is -2.97. The number of rotatable bonds is 10. The summed E-state index contributed by atoms with van der Waals surface area (Å²) in [5.74, 6) is 0. The van der Waals surface area contributed by atoms with Crippen molar-refractivity contribution in [2.45, 2.75) is 0 Å². The average molecular weight is 814 g/mol. The zero-order chi connectivity index (χ0) is 36.7. The van der Waals surface area contributed by atoms with E-state index in [4.69, 9.17) is 0 Å². The van der Waals surface area contributed by atoms with E-state index in [-0.39, 0.29) is 0 Å². The molecule has 260 valence electrons. The molecule has 0 aromatic heterocycles. The van der Waals surface area contributed by atoms with Crippen molar-refractivity contribution in [3.05, 3.63) is 264 Å². The number of hydrogen-bond donors (Lipinski definition) is 0. The monoisotopic (exact) mass is 816 g/mol. The van der Waals surface area contributed by atoms with Crippen LogP contribution in [0, 0.1) is 0 Å². The molecule has 0 saturated carbocycles. The Morgan fingerprint density at radius 1 is 0.204 bits per heavy atom. The second-order valence-electron chi connectivity index (χ2n) is 13.3. The van der Waals surface area contributed by atoms with Crippen molar-refractivity contribution in [2.75, 3.05) is 0 Å². The van der Waals surface area contributed by atoms with Gasteiger partial charge in [0.15, 0.2) is 0 Å². The third-order valence-electron chi connectivity index (χ3n) is 10.0. The van der Waals surface area contributed by atoms with Crippen molar-refractivity contribution in [1.29, 1.82) is 0 Å². The molecule has 0 aliphatic heterocycles. The summed E-state index contributed by atoms with van der Waals surface area (Å²) in [6.45, 7) is 0. The van der Waals surface area contributed by atoms with Crippen LogP contribution in [0.3, 0.4) is 0 Å². The molecule has 0 aliphatic rings. The Balaban J connectivity index is 0.000000167. The molecule has 0 aliphatic carbocycles. The van der Waals surface area contributed by atoms with Crippen LogP contribution in [0.4, 0.5) is 0 Å². The van der Waals surface area contributed by atoms with Gasteiger partial charge in [0, 0.05) is 0 Å². The topological polar surface area (TPSA) is 0 Å². The molecule has 2 heteroatoms. The van der Waals surface area contributed by atoms with E-state index in [1.54, 1.807) is 0 Å². The summed E-state index contributed by atoms with van der Waals surface area (Å²) >= 11 is -5.93.